The third-order valence-corrected chi connectivity index (χ3v) is 6.20. The molecule has 0 spiro atoms. The molecule has 1 aliphatic rings. The first kappa shape index (κ1) is 25.9. The van der Waals surface area contributed by atoms with Crippen LogP contribution in [0.15, 0.2) is 59.6 Å². The van der Waals surface area contributed by atoms with Crippen LogP contribution in [0.5, 0.6) is 11.5 Å². The number of phenols is 1. The first-order chi connectivity index (χ1) is 16.3. The highest BCUT2D eigenvalue weighted by atomic mass is 35.5. The number of aliphatic imine (C=N–C) groups is 1. The van der Waals surface area contributed by atoms with Gasteiger partial charge in [-0.05, 0) is 56.0 Å². The van der Waals surface area contributed by atoms with Crippen LogP contribution in [0.2, 0.25) is 0 Å². The zero-order chi connectivity index (χ0) is 24.3. The molecule has 0 aliphatic carbocycles. The summed E-state index contributed by atoms with van der Waals surface area (Å²) in [4.78, 5) is 16.2. The van der Waals surface area contributed by atoms with Crippen molar-refractivity contribution in [2.24, 2.45) is 16.5 Å². The number of guanidine groups is 1. The van der Waals surface area contributed by atoms with Gasteiger partial charge in [-0.3, -0.25) is 0 Å². The Bertz CT molecular complexity index is 1280. The lowest BCUT2D eigenvalue weighted by atomic mass is 9.86. The molecule has 1 aliphatic heterocycles. The van der Waals surface area contributed by atoms with Crippen LogP contribution in [0.1, 0.15) is 36.5 Å². The molecule has 0 radical (unpaired) electrons. The number of nitrogens with zero attached hydrogens (tertiary/aromatic N) is 1. The zero-order valence-corrected chi connectivity index (χ0v) is 20.6. The summed E-state index contributed by atoms with van der Waals surface area (Å²) in [5, 5.41) is 12.3. The Balaban J connectivity index is 0.00000342. The fourth-order valence-electron chi connectivity index (χ4n) is 4.23. The van der Waals surface area contributed by atoms with Crippen LogP contribution in [-0.2, 0) is 16.0 Å². The van der Waals surface area contributed by atoms with E-state index < -0.39 is 11.6 Å². The van der Waals surface area contributed by atoms with Crippen LogP contribution in [0.4, 0.5) is 5.69 Å². The summed E-state index contributed by atoms with van der Waals surface area (Å²) in [5.74, 6) is 0.704. The number of halogens is 1. The summed E-state index contributed by atoms with van der Waals surface area (Å²) in [6.45, 7) is 4.21. The number of esters is 1. The van der Waals surface area contributed by atoms with Gasteiger partial charge in [0.15, 0.2) is 5.96 Å². The molecule has 0 fully saturated rings. The third kappa shape index (κ3) is 5.87. The van der Waals surface area contributed by atoms with E-state index in [9.17, 15) is 9.90 Å². The van der Waals surface area contributed by atoms with Crippen LogP contribution < -0.4 is 16.2 Å². The van der Waals surface area contributed by atoms with E-state index in [-0.39, 0.29) is 25.0 Å². The number of nitrogens with two attached hydrogens (primary N) is 2. The van der Waals surface area contributed by atoms with Gasteiger partial charge in [0.05, 0.1) is 12.3 Å². The van der Waals surface area contributed by atoms with Gasteiger partial charge >= 0.3 is 5.97 Å². The van der Waals surface area contributed by atoms with Crippen molar-refractivity contribution in [3.63, 3.8) is 0 Å². The Morgan fingerprint density at radius 2 is 1.86 bits per heavy atom. The molecule has 1 atom stereocenters. The van der Waals surface area contributed by atoms with Gasteiger partial charge in [-0.2, -0.15) is 0 Å². The van der Waals surface area contributed by atoms with Crippen LogP contribution in [0.3, 0.4) is 0 Å². The van der Waals surface area contributed by atoms with E-state index in [0.29, 0.717) is 17.9 Å². The number of fused-ring (bicyclic) bond motifs is 3. The molecule has 0 bridgehead atoms. The molecule has 35 heavy (non-hydrogen) atoms. The smallest absolute Gasteiger partial charge is 0.330 e. The minimum Gasteiger partial charge on any atom is -0.507 e. The molecule has 5 N–H and O–H groups in total. The van der Waals surface area contributed by atoms with E-state index >= 15 is 0 Å². The van der Waals surface area contributed by atoms with Crippen LogP contribution in [0, 0.1) is 6.92 Å². The second-order valence-electron chi connectivity index (χ2n) is 8.76. The topological polar surface area (TPSA) is 120 Å². The summed E-state index contributed by atoms with van der Waals surface area (Å²) in [6, 6.07) is 14.8. The molecule has 4 rings (SSSR count). The number of hydrogen-bond acceptors (Lipinski definition) is 5. The van der Waals surface area contributed by atoms with Gasteiger partial charge in [-0.25, -0.2) is 9.79 Å². The van der Waals surface area contributed by atoms with Crippen molar-refractivity contribution in [2.45, 2.75) is 38.7 Å². The summed E-state index contributed by atoms with van der Waals surface area (Å²) in [5.41, 5.74) is 13.6. The number of phenolic OH excluding ortho intramolecular Hbond substituents is 1. The van der Waals surface area contributed by atoms with E-state index in [1.54, 1.807) is 18.2 Å². The summed E-state index contributed by atoms with van der Waals surface area (Å²) >= 11 is 0. The number of aromatic hydroxyl groups is 1. The van der Waals surface area contributed by atoms with Crippen LogP contribution in [0.25, 0.3) is 16.8 Å². The van der Waals surface area contributed by atoms with Gasteiger partial charge in [0, 0.05) is 28.8 Å². The lowest BCUT2D eigenvalue weighted by Crippen LogP contribution is -2.38. The molecular formula is C27H30ClN3O4. The van der Waals surface area contributed by atoms with Gasteiger partial charge < -0.3 is 26.0 Å². The highest BCUT2D eigenvalue weighted by Crippen LogP contribution is 2.45. The number of hydrogen-bond donors (Lipinski definition) is 3. The number of carbonyl (C=O) groups is 1. The highest BCUT2D eigenvalue weighted by Gasteiger charge is 2.34. The highest BCUT2D eigenvalue weighted by molar-refractivity contribution is 5.96. The minimum absolute atomic E-state index is 0. The standard InChI is InChI=1S/C27H29N3O4.ClH/c1-17-20-13-14-27(2,34-25(20)22-6-4-3-5-21(22)24(17)32)15-16-33-23(31)12-9-18-7-10-19(11-8-18)30-26(28)29;/h3-12,32H,13-16H2,1-2H3,(H4,28,29,30);1H/b12-9+;. The maximum atomic E-state index is 12.2. The maximum absolute atomic E-state index is 12.2. The molecule has 1 unspecified atom stereocenters. The van der Waals surface area contributed by atoms with Crippen molar-refractivity contribution >= 4 is 46.9 Å². The second kappa shape index (κ2) is 10.7. The molecule has 0 saturated carbocycles. The Morgan fingerprint density at radius 3 is 2.54 bits per heavy atom. The van der Waals surface area contributed by atoms with Crippen molar-refractivity contribution in [1.82, 2.24) is 0 Å². The monoisotopic (exact) mass is 495 g/mol. The van der Waals surface area contributed by atoms with E-state index in [1.807, 2.05) is 50.2 Å². The summed E-state index contributed by atoms with van der Waals surface area (Å²) in [6.07, 6.45) is 5.20. The van der Waals surface area contributed by atoms with Crippen molar-refractivity contribution in [3.05, 3.63) is 71.3 Å². The summed E-state index contributed by atoms with van der Waals surface area (Å²) in [7, 11) is 0. The lowest BCUT2D eigenvalue weighted by Gasteiger charge is -2.37. The molecule has 0 amide bonds. The van der Waals surface area contributed by atoms with Crippen molar-refractivity contribution in [2.75, 3.05) is 6.61 Å². The molecule has 3 aromatic carbocycles. The molecule has 184 valence electrons. The minimum atomic E-state index is -0.468. The lowest BCUT2D eigenvalue weighted by molar-refractivity contribution is -0.138. The molecule has 0 aromatic heterocycles. The number of carbonyl (C=O) groups excluding carboxylic acids is 1. The van der Waals surface area contributed by atoms with E-state index in [4.69, 9.17) is 20.9 Å². The molecule has 7 nitrogen and oxygen atoms in total. The van der Waals surface area contributed by atoms with Crippen molar-refractivity contribution in [1.29, 1.82) is 0 Å². The molecular weight excluding hydrogens is 466 g/mol. The van der Waals surface area contributed by atoms with E-state index in [1.165, 1.54) is 6.08 Å². The molecule has 3 aromatic rings. The Morgan fingerprint density at radius 1 is 1.17 bits per heavy atom. The van der Waals surface area contributed by atoms with E-state index in [0.717, 1.165) is 46.1 Å². The van der Waals surface area contributed by atoms with Gasteiger partial charge in [-0.1, -0.05) is 36.4 Å². The zero-order valence-electron chi connectivity index (χ0n) is 19.8. The second-order valence-corrected chi connectivity index (χ2v) is 8.76. The molecule has 8 heteroatoms. The average molecular weight is 496 g/mol. The largest absolute Gasteiger partial charge is 0.507 e. The molecule has 1 heterocycles. The van der Waals surface area contributed by atoms with Gasteiger partial charge in [0.2, 0.25) is 0 Å². The quantitative estimate of drug-likeness (QED) is 0.193. The molecule has 0 saturated heterocycles. The average Bonchev–Trinajstić information content (AvgIpc) is 2.81. The van der Waals surface area contributed by atoms with Crippen molar-refractivity contribution < 1.29 is 19.4 Å². The summed E-state index contributed by atoms with van der Waals surface area (Å²) < 4.78 is 11.9. The first-order valence-electron chi connectivity index (χ1n) is 11.2. The normalized spacial score (nSPS) is 16.7. The maximum Gasteiger partial charge on any atom is 0.330 e. The SMILES string of the molecule is Cc1c2c(c3ccccc3c1O)OC(C)(CCOC(=O)/C=C/c1ccc(N=C(N)N)cc1)CC2.Cl. The predicted molar refractivity (Wildman–Crippen MR) is 141 cm³/mol. The van der Waals surface area contributed by atoms with Crippen LogP contribution >= 0.6 is 12.4 Å². The third-order valence-electron chi connectivity index (χ3n) is 6.20. The number of rotatable bonds is 6. The Hall–Kier alpha value is -3.71. The fourth-order valence-corrected chi connectivity index (χ4v) is 4.23. The van der Waals surface area contributed by atoms with Gasteiger partial charge in [0.25, 0.3) is 0 Å². The fraction of sp³-hybridized carbons (Fsp3) is 0.259. The van der Waals surface area contributed by atoms with Gasteiger partial charge in [0.1, 0.15) is 17.1 Å². The predicted octanol–water partition coefficient (Wildman–Crippen LogP) is 4.91. The Kier molecular flexibility index (Phi) is 7.92. The van der Waals surface area contributed by atoms with E-state index in [2.05, 4.69) is 4.99 Å². The number of ether oxygens (including phenoxy) is 2. The van der Waals surface area contributed by atoms with Gasteiger partial charge in [-0.15, -0.1) is 12.4 Å². The Labute approximate surface area is 210 Å². The first-order valence-corrected chi connectivity index (χ1v) is 11.2. The van der Waals surface area contributed by atoms with Crippen molar-refractivity contribution in [3.8, 4) is 11.5 Å². The number of benzene rings is 3. The van der Waals surface area contributed by atoms with Crippen LogP contribution in [-0.4, -0.2) is 29.2 Å².